The minimum Gasteiger partial charge on any atom is -0.481 e. The molecule has 17 heavy (non-hydrogen) atoms. The third-order valence-electron chi connectivity index (χ3n) is 2.89. The molecular formula is C11H10ClF2NO2. The predicted molar refractivity (Wildman–Crippen MR) is 57.9 cm³/mol. The summed E-state index contributed by atoms with van der Waals surface area (Å²) in [5.74, 6) is -3.50. The van der Waals surface area contributed by atoms with Gasteiger partial charge in [-0.1, -0.05) is 11.6 Å². The van der Waals surface area contributed by atoms with E-state index in [1.807, 2.05) is 0 Å². The van der Waals surface area contributed by atoms with Crippen molar-refractivity contribution in [1.82, 2.24) is 5.32 Å². The first kappa shape index (κ1) is 12.3. The molecule has 0 aromatic heterocycles. The lowest BCUT2D eigenvalue weighted by molar-refractivity contribution is -0.141. The molecule has 2 unspecified atom stereocenters. The molecule has 1 aromatic rings. The Morgan fingerprint density at radius 2 is 2.18 bits per heavy atom. The van der Waals surface area contributed by atoms with Crippen LogP contribution in [0.15, 0.2) is 12.1 Å². The van der Waals surface area contributed by atoms with Crippen LogP contribution < -0.4 is 5.32 Å². The number of hydrogen-bond donors (Lipinski definition) is 2. The van der Waals surface area contributed by atoms with E-state index in [9.17, 15) is 13.6 Å². The van der Waals surface area contributed by atoms with Crippen LogP contribution in [0.2, 0.25) is 5.02 Å². The summed E-state index contributed by atoms with van der Waals surface area (Å²) < 4.78 is 26.1. The van der Waals surface area contributed by atoms with Crippen LogP contribution in [0.3, 0.4) is 0 Å². The molecular weight excluding hydrogens is 252 g/mol. The minimum absolute atomic E-state index is 0.291. The van der Waals surface area contributed by atoms with Crippen LogP contribution in [0.25, 0.3) is 0 Å². The van der Waals surface area contributed by atoms with Crippen molar-refractivity contribution < 1.29 is 18.7 Å². The smallest absolute Gasteiger partial charge is 0.307 e. The van der Waals surface area contributed by atoms with Gasteiger partial charge in [0.05, 0.1) is 10.9 Å². The van der Waals surface area contributed by atoms with E-state index >= 15 is 0 Å². The largest absolute Gasteiger partial charge is 0.481 e. The van der Waals surface area contributed by atoms with Gasteiger partial charge in [0.25, 0.3) is 0 Å². The summed E-state index contributed by atoms with van der Waals surface area (Å²) in [5.41, 5.74) is 0.470. The van der Waals surface area contributed by atoms with Gasteiger partial charge >= 0.3 is 5.97 Å². The second-order valence-corrected chi connectivity index (χ2v) is 4.44. The lowest BCUT2D eigenvalue weighted by Crippen LogP contribution is -2.17. The van der Waals surface area contributed by atoms with Gasteiger partial charge in [0.1, 0.15) is 0 Å². The Morgan fingerprint density at radius 3 is 2.71 bits per heavy atom. The number of hydrogen-bond acceptors (Lipinski definition) is 2. The summed E-state index contributed by atoms with van der Waals surface area (Å²) in [6.45, 7) is 0.316. The van der Waals surface area contributed by atoms with Crippen molar-refractivity contribution in [2.45, 2.75) is 12.5 Å². The molecule has 0 amide bonds. The van der Waals surface area contributed by atoms with Crippen molar-refractivity contribution in [3.05, 3.63) is 34.4 Å². The maximum Gasteiger partial charge on any atom is 0.307 e. The van der Waals surface area contributed by atoms with E-state index in [2.05, 4.69) is 5.32 Å². The molecule has 92 valence electrons. The van der Waals surface area contributed by atoms with E-state index in [1.165, 1.54) is 6.07 Å². The number of rotatable bonds is 2. The van der Waals surface area contributed by atoms with Gasteiger partial charge in [0, 0.05) is 12.6 Å². The molecule has 0 spiro atoms. The van der Waals surface area contributed by atoms with Crippen LogP contribution in [-0.4, -0.2) is 17.6 Å². The average molecular weight is 262 g/mol. The van der Waals surface area contributed by atoms with Crippen LogP contribution >= 0.6 is 11.6 Å². The first-order valence-electron chi connectivity index (χ1n) is 5.09. The fraction of sp³-hybridized carbons (Fsp3) is 0.364. The van der Waals surface area contributed by atoms with Gasteiger partial charge < -0.3 is 10.4 Å². The normalized spacial score (nSPS) is 23.9. The average Bonchev–Trinajstić information content (AvgIpc) is 2.74. The first-order valence-corrected chi connectivity index (χ1v) is 5.47. The summed E-state index contributed by atoms with van der Waals surface area (Å²) in [5, 5.41) is 11.5. The third-order valence-corrected chi connectivity index (χ3v) is 3.16. The quantitative estimate of drug-likeness (QED) is 0.804. The number of carboxylic acids is 1. The second kappa shape index (κ2) is 4.58. The molecule has 2 N–H and O–H groups in total. The fourth-order valence-corrected chi connectivity index (χ4v) is 2.17. The van der Waals surface area contributed by atoms with Gasteiger partial charge in [-0.25, -0.2) is 8.78 Å². The van der Waals surface area contributed by atoms with Crippen molar-refractivity contribution in [2.75, 3.05) is 6.54 Å². The van der Waals surface area contributed by atoms with Crippen LogP contribution in [0.1, 0.15) is 18.0 Å². The number of carboxylic acid groups (broad SMARTS) is 1. The summed E-state index contributed by atoms with van der Waals surface area (Å²) in [6.07, 6.45) is 0.344. The molecule has 1 fully saturated rings. The van der Waals surface area contributed by atoms with E-state index < -0.39 is 23.5 Å². The molecule has 0 bridgehead atoms. The van der Waals surface area contributed by atoms with Gasteiger partial charge in [-0.2, -0.15) is 0 Å². The van der Waals surface area contributed by atoms with Crippen LogP contribution in [-0.2, 0) is 4.79 Å². The zero-order valence-electron chi connectivity index (χ0n) is 8.71. The van der Waals surface area contributed by atoms with E-state index in [1.54, 1.807) is 0 Å². The zero-order chi connectivity index (χ0) is 12.6. The van der Waals surface area contributed by atoms with Gasteiger partial charge in [0.2, 0.25) is 0 Å². The maximum absolute atomic E-state index is 13.1. The highest BCUT2D eigenvalue weighted by Gasteiger charge is 2.30. The Bertz CT molecular complexity index is 444. The van der Waals surface area contributed by atoms with Crippen LogP contribution in [0.5, 0.6) is 0 Å². The molecule has 3 nitrogen and oxygen atoms in total. The van der Waals surface area contributed by atoms with Crippen molar-refractivity contribution in [2.24, 2.45) is 5.92 Å². The highest BCUT2D eigenvalue weighted by molar-refractivity contribution is 6.30. The Hall–Kier alpha value is -1.20. The van der Waals surface area contributed by atoms with E-state index in [-0.39, 0.29) is 11.1 Å². The van der Waals surface area contributed by atoms with E-state index in [0.29, 0.717) is 18.5 Å². The number of aliphatic carboxylic acids is 1. The number of nitrogens with one attached hydrogen (secondary N) is 1. The summed E-state index contributed by atoms with van der Waals surface area (Å²) >= 11 is 5.54. The molecule has 2 atom stereocenters. The molecule has 2 rings (SSSR count). The van der Waals surface area contributed by atoms with Gasteiger partial charge in [-0.05, 0) is 24.1 Å². The highest BCUT2D eigenvalue weighted by atomic mass is 35.5. The number of halogens is 3. The molecule has 1 aliphatic heterocycles. The molecule has 6 heteroatoms. The fourth-order valence-electron chi connectivity index (χ4n) is 1.95. The van der Waals surface area contributed by atoms with Gasteiger partial charge in [0.15, 0.2) is 11.6 Å². The first-order chi connectivity index (χ1) is 7.99. The monoisotopic (exact) mass is 261 g/mol. The lowest BCUT2D eigenvalue weighted by atomic mass is 10.00. The topological polar surface area (TPSA) is 49.3 Å². The van der Waals surface area contributed by atoms with E-state index in [0.717, 1.165) is 6.07 Å². The second-order valence-electron chi connectivity index (χ2n) is 4.03. The Kier molecular flexibility index (Phi) is 3.31. The molecule has 0 aliphatic carbocycles. The summed E-state index contributed by atoms with van der Waals surface area (Å²) in [6, 6.07) is 2.06. The molecule has 0 saturated carbocycles. The molecule has 1 aromatic carbocycles. The van der Waals surface area contributed by atoms with Crippen LogP contribution in [0.4, 0.5) is 8.78 Å². The summed E-state index contributed by atoms with van der Waals surface area (Å²) in [7, 11) is 0. The zero-order valence-corrected chi connectivity index (χ0v) is 9.47. The summed E-state index contributed by atoms with van der Waals surface area (Å²) in [4.78, 5) is 10.8. The molecule has 1 aliphatic rings. The highest BCUT2D eigenvalue weighted by Crippen LogP contribution is 2.30. The third kappa shape index (κ3) is 2.40. The van der Waals surface area contributed by atoms with Crippen molar-refractivity contribution in [3.8, 4) is 0 Å². The molecule has 1 saturated heterocycles. The van der Waals surface area contributed by atoms with Gasteiger partial charge in [-0.15, -0.1) is 0 Å². The van der Waals surface area contributed by atoms with Crippen LogP contribution in [0, 0.1) is 17.6 Å². The Labute approximate surface area is 101 Å². The predicted octanol–water partition coefficient (Wildman–Crippen LogP) is 2.35. The SMILES string of the molecule is O=C(O)C1CNC(c2cc(F)c(F)c(Cl)c2)C1. The standard InChI is InChI=1S/C11H10ClF2NO2/c12-7-1-5(2-8(13)10(7)14)9-3-6(4-15-9)11(16)17/h1-2,6,9,15H,3-4H2,(H,16,17). The molecule has 0 radical (unpaired) electrons. The Morgan fingerprint density at radius 1 is 1.47 bits per heavy atom. The number of benzene rings is 1. The lowest BCUT2D eigenvalue weighted by Gasteiger charge is -2.11. The maximum atomic E-state index is 13.1. The van der Waals surface area contributed by atoms with Crippen molar-refractivity contribution in [3.63, 3.8) is 0 Å². The van der Waals surface area contributed by atoms with Crippen molar-refractivity contribution >= 4 is 17.6 Å². The molecule has 1 heterocycles. The Balaban J connectivity index is 2.22. The van der Waals surface area contributed by atoms with Crippen molar-refractivity contribution in [1.29, 1.82) is 0 Å². The van der Waals surface area contributed by atoms with E-state index in [4.69, 9.17) is 16.7 Å². The number of carbonyl (C=O) groups is 1. The minimum atomic E-state index is -1.08. The van der Waals surface area contributed by atoms with Gasteiger partial charge in [-0.3, -0.25) is 4.79 Å².